The van der Waals surface area contributed by atoms with E-state index in [0.717, 1.165) is 0 Å². The Balaban J connectivity index is 5.31. The Morgan fingerprint density at radius 2 is 1.43 bits per heavy atom. The van der Waals surface area contributed by atoms with Crippen LogP contribution in [-0.2, 0) is 28.8 Å². The number of carboxylic acids is 2. The fourth-order valence-corrected chi connectivity index (χ4v) is 2.39. The molecule has 0 aliphatic heterocycles. The third-order valence-corrected chi connectivity index (χ3v) is 3.80. The van der Waals surface area contributed by atoms with Crippen LogP contribution < -0.4 is 27.4 Å². The monoisotopic (exact) mass is 431 g/mol. The lowest BCUT2D eigenvalue weighted by Crippen LogP contribution is -2.56. The van der Waals surface area contributed by atoms with Gasteiger partial charge < -0.3 is 37.6 Å². The molecule has 0 rings (SSSR count). The molecule has 3 atom stereocenters. The Hall–Kier alpha value is -3.22. The number of amides is 4. The van der Waals surface area contributed by atoms with E-state index in [1.54, 1.807) is 0 Å². The van der Waals surface area contributed by atoms with Gasteiger partial charge in [-0.05, 0) is 18.8 Å². The number of nitrogens with two attached hydrogens (primary N) is 2. The first-order valence-electron chi connectivity index (χ1n) is 9.19. The average molecular weight is 431 g/mol. The number of hydrogen-bond acceptors (Lipinski definition) is 7. The molecule has 170 valence electrons. The van der Waals surface area contributed by atoms with Crippen molar-refractivity contribution < 1.29 is 39.0 Å². The zero-order chi connectivity index (χ0) is 23.4. The van der Waals surface area contributed by atoms with Gasteiger partial charge in [0.2, 0.25) is 23.6 Å². The molecule has 0 aromatic heterocycles. The van der Waals surface area contributed by atoms with E-state index in [2.05, 4.69) is 10.6 Å². The first kappa shape index (κ1) is 26.8. The lowest BCUT2D eigenvalue weighted by molar-refractivity contribution is -0.141. The highest BCUT2D eigenvalue weighted by molar-refractivity contribution is 5.95. The van der Waals surface area contributed by atoms with Gasteiger partial charge in [-0.2, -0.15) is 0 Å². The van der Waals surface area contributed by atoms with E-state index in [-0.39, 0.29) is 18.8 Å². The van der Waals surface area contributed by atoms with Gasteiger partial charge in [0.1, 0.15) is 18.6 Å². The fourth-order valence-electron chi connectivity index (χ4n) is 2.39. The van der Waals surface area contributed by atoms with Crippen molar-refractivity contribution in [3.8, 4) is 0 Å². The van der Waals surface area contributed by atoms with E-state index in [1.807, 2.05) is 19.2 Å². The first-order chi connectivity index (χ1) is 13.8. The van der Waals surface area contributed by atoms with Crippen molar-refractivity contribution >= 4 is 35.6 Å². The van der Waals surface area contributed by atoms with Gasteiger partial charge in [0, 0.05) is 6.42 Å². The molecule has 13 nitrogen and oxygen atoms in total. The topological polar surface area (TPSA) is 231 Å². The van der Waals surface area contributed by atoms with Crippen LogP contribution in [0.5, 0.6) is 0 Å². The minimum absolute atomic E-state index is 0.0774. The summed E-state index contributed by atoms with van der Waals surface area (Å²) in [6, 6.07) is -3.89. The number of carbonyl (C=O) groups is 6. The van der Waals surface area contributed by atoms with Crippen LogP contribution in [0, 0.1) is 5.92 Å². The summed E-state index contributed by atoms with van der Waals surface area (Å²) in [5, 5.41) is 24.2. The van der Waals surface area contributed by atoms with E-state index in [0.29, 0.717) is 6.42 Å². The largest absolute Gasteiger partial charge is 0.481 e. The Morgan fingerprint density at radius 3 is 1.90 bits per heavy atom. The van der Waals surface area contributed by atoms with Crippen molar-refractivity contribution in [1.82, 2.24) is 16.0 Å². The smallest absolute Gasteiger partial charge is 0.322 e. The molecule has 30 heavy (non-hydrogen) atoms. The van der Waals surface area contributed by atoms with Gasteiger partial charge in [-0.1, -0.05) is 13.8 Å². The van der Waals surface area contributed by atoms with Crippen molar-refractivity contribution in [3.05, 3.63) is 0 Å². The second kappa shape index (κ2) is 13.1. The quantitative estimate of drug-likeness (QED) is 0.151. The Kier molecular flexibility index (Phi) is 11.7. The van der Waals surface area contributed by atoms with Crippen LogP contribution in [0.3, 0.4) is 0 Å². The molecule has 0 saturated heterocycles. The number of nitrogens with one attached hydrogen (secondary N) is 3. The molecule has 0 bridgehead atoms. The lowest BCUT2D eigenvalue weighted by atomic mass is 10.0. The normalized spacial score (nSPS) is 13.6. The van der Waals surface area contributed by atoms with Gasteiger partial charge in [-0.25, -0.2) is 0 Å². The van der Waals surface area contributed by atoms with Crippen LogP contribution in [0.25, 0.3) is 0 Å². The highest BCUT2D eigenvalue weighted by atomic mass is 16.4. The summed E-state index contributed by atoms with van der Waals surface area (Å²) in [6.07, 6.45) is -1.05. The van der Waals surface area contributed by atoms with Gasteiger partial charge in [-0.15, -0.1) is 0 Å². The number of primary amides is 1. The molecule has 9 N–H and O–H groups in total. The summed E-state index contributed by atoms with van der Waals surface area (Å²) >= 11 is 0. The molecule has 0 aromatic carbocycles. The molecular formula is C17H29N5O8. The van der Waals surface area contributed by atoms with Gasteiger partial charge in [0.05, 0.1) is 12.5 Å². The van der Waals surface area contributed by atoms with Crippen LogP contribution in [0.15, 0.2) is 0 Å². The maximum atomic E-state index is 12.5. The van der Waals surface area contributed by atoms with Gasteiger partial charge in [0.25, 0.3) is 0 Å². The maximum Gasteiger partial charge on any atom is 0.322 e. The molecule has 0 aliphatic rings. The summed E-state index contributed by atoms with van der Waals surface area (Å²) in [4.78, 5) is 69.5. The standard InChI is InChI=1S/C17H29N5O8/c1-8(2)5-9(18)15(28)22-11(6-13(24)25)17(30)21-10(3-4-12(19)23)16(29)20-7-14(26)27/h8-11H,3-7,18H2,1-2H3,(H2,19,23)(H,20,29)(H,21,30)(H,22,28)(H,24,25)(H,26,27). The fraction of sp³-hybridized carbons (Fsp3) is 0.647. The highest BCUT2D eigenvalue weighted by Gasteiger charge is 2.30. The summed E-state index contributed by atoms with van der Waals surface area (Å²) < 4.78 is 0. The third-order valence-electron chi connectivity index (χ3n) is 3.80. The second-order valence-electron chi connectivity index (χ2n) is 7.07. The maximum absolute atomic E-state index is 12.5. The Labute approximate surface area is 172 Å². The second-order valence-corrected chi connectivity index (χ2v) is 7.07. The molecule has 0 heterocycles. The van der Waals surface area contributed by atoms with Crippen LogP contribution in [0.4, 0.5) is 0 Å². The van der Waals surface area contributed by atoms with E-state index in [1.165, 1.54) is 0 Å². The number of rotatable bonds is 14. The van der Waals surface area contributed by atoms with E-state index in [4.69, 9.17) is 21.7 Å². The number of carbonyl (C=O) groups excluding carboxylic acids is 4. The molecule has 0 radical (unpaired) electrons. The molecule has 0 aromatic rings. The zero-order valence-electron chi connectivity index (χ0n) is 16.8. The minimum Gasteiger partial charge on any atom is -0.481 e. The first-order valence-corrected chi connectivity index (χ1v) is 9.19. The van der Waals surface area contributed by atoms with Crippen molar-refractivity contribution in [1.29, 1.82) is 0 Å². The molecule has 3 unspecified atom stereocenters. The minimum atomic E-state index is -1.54. The summed E-state index contributed by atoms with van der Waals surface area (Å²) in [6.45, 7) is 2.92. The van der Waals surface area contributed by atoms with Crippen molar-refractivity contribution in [2.45, 2.75) is 57.7 Å². The van der Waals surface area contributed by atoms with Crippen molar-refractivity contribution in [3.63, 3.8) is 0 Å². The molecule has 0 fully saturated rings. The van der Waals surface area contributed by atoms with Gasteiger partial charge in [-0.3, -0.25) is 28.8 Å². The number of aliphatic carboxylic acids is 2. The van der Waals surface area contributed by atoms with E-state index >= 15 is 0 Å². The van der Waals surface area contributed by atoms with Crippen LogP contribution >= 0.6 is 0 Å². The van der Waals surface area contributed by atoms with Crippen molar-refractivity contribution in [2.24, 2.45) is 17.4 Å². The van der Waals surface area contributed by atoms with Crippen LogP contribution in [0.1, 0.15) is 39.5 Å². The predicted molar refractivity (Wildman–Crippen MR) is 103 cm³/mol. The highest BCUT2D eigenvalue weighted by Crippen LogP contribution is 2.05. The number of carboxylic acid groups (broad SMARTS) is 2. The number of hydrogen-bond donors (Lipinski definition) is 7. The van der Waals surface area contributed by atoms with Gasteiger partial charge >= 0.3 is 11.9 Å². The average Bonchev–Trinajstić information content (AvgIpc) is 2.60. The van der Waals surface area contributed by atoms with Crippen molar-refractivity contribution in [2.75, 3.05) is 6.54 Å². The molecule has 0 spiro atoms. The molecule has 0 aliphatic carbocycles. The van der Waals surface area contributed by atoms with E-state index < -0.39 is 66.7 Å². The van der Waals surface area contributed by atoms with Crippen LogP contribution in [-0.4, -0.2) is 70.5 Å². The summed E-state index contributed by atoms with van der Waals surface area (Å²) in [5.74, 6) is -6.08. The molecular weight excluding hydrogens is 402 g/mol. The Morgan fingerprint density at radius 1 is 0.867 bits per heavy atom. The molecule has 4 amide bonds. The third kappa shape index (κ3) is 11.6. The van der Waals surface area contributed by atoms with Gasteiger partial charge in [0.15, 0.2) is 0 Å². The SMILES string of the molecule is CC(C)CC(N)C(=O)NC(CC(=O)O)C(=O)NC(CCC(N)=O)C(=O)NCC(=O)O. The summed E-state index contributed by atoms with van der Waals surface area (Å²) in [5.41, 5.74) is 10.8. The molecule has 0 saturated carbocycles. The lowest BCUT2D eigenvalue weighted by Gasteiger charge is -2.23. The van der Waals surface area contributed by atoms with Crippen LogP contribution in [0.2, 0.25) is 0 Å². The predicted octanol–water partition coefficient (Wildman–Crippen LogP) is -2.73. The zero-order valence-corrected chi connectivity index (χ0v) is 16.8. The Bertz CT molecular complexity index is 667. The van der Waals surface area contributed by atoms with E-state index in [9.17, 15) is 28.8 Å². The summed E-state index contributed by atoms with van der Waals surface area (Å²) in [7, 11) is 0. The molecule has 13 heteroatoms.